The van der Waals surface area contributed by atoms with E-state index in [9.17, 15) is 19.7 Å². The van der Waals surface area contributed by atoms with Crippen LogP contribution in [0.15, 0.2) is 54.6 Å². The number of esters is 1. The number of nitro benzene ring substituents is 1. The van der Waals surface area contributed by atoms with Gasteiger partial charge in [-0.15, -0.1) is 0 Å². The van der Waals surface area contributed by atoms with Crippen LogP contribution in [0.1, 0.15) is 19.4 Å². The van der Waals surface area contributed by atoms with Gasteiger partial charge in [-0.1, -0.05) is 24.3 Å². The van der Waals surface area contributed by atoms with Gasteiger partial charge in [-0.2, -0.15) is 0 Å². The molecule has 0 aliphatic rings. The summed E-state index contributed by atoms with van der Waals surface area (Å²) in [4.78, 5) is 34.4. The number of carbonyl (C=O) groups excluding carboxylic acids is 2. The molecule has 0 aliphatic heterocycles. The van der Waals surface area contributed by atoms with Crippen molar-refractivity contribution in [2.75, 3.05) is 11.9 Å². The minimum atomic E-state index is -1.04. The highest BCUT2D eigenvalue weighted by Crippen LogP contribution is 2.24. The Balaban J connectivity index is 1.95. The molecule has 2 aromatic rings. The van der Waals surface area contributed by atoms with Crippen LogP contribution in [0.5, 0.6) is 5.75 Å². The van der Waals surface area contributed by atoms with E-state index in [-0.39, 0.29) is 5.69 Å². The Morgan fingerprint density at radius 1 is 1.21 bits per heavy atom. The molecule has 0 unspecified atom stereocenters. The van der Waals surface area contributed by atoms with Crippen molar-refractivity contribution in [3.05, 3.63) is 70.3 Å². The van der Waals surface area contributed by atoms with Crippen molar-refractivity contribution < 1.29 is 24.0 Å². The van der Waals surface area contributed by atoms with Crippen molar-refractivity contribution in [3.63, 3.8) is 0 Å². The molecular formula is C20H20N2O6. The van der Waals surface area contributed by atoms with Gasteiger partial charge in [0.05, 0.1) is 17.2 Å². The van der Waals surface area contributed by atoms with E-state index >= 15 is 0 Å². The summed E-state index contributed by atoms with van der Waals surface area (Å²) in [5, 5.41) is 13.4. The maximum Gasteiger partial charge on any atom is 0.331 e. The van der Waals surface area contributed by atoms with E-state index in [0.717, 1.165) is 6.08 Å². The fraction of sp³-hybridized carbons (Fsp3) is 0.200. The largest absolute Gasteiger partial charge is 0.492 e. The van der Waals surface area contributed by atoms with E-state index in [1.54, 1.807) is 30.3 Å². The van der Waals surface area contributed by atoms with Gasteiger partial charge in [0.1, 0.15) is 5.75 Å². The lowest BCUT2D eigenvalue weighted by atomic mass is 10.2. The molecule has 1 amide bonds. The molecule has 2 aromatic carbocycles. The fourth-order valence-electron chi connectivity index (χ4n) is 2.26. The van der Waals surface area contributed by atoms with Gasteiger partial charge in [-0.3, -0.25) is 14.9 Å². The Morgan fingerprint density at radius 3 is 2.68 bits per heavy atom. The van der Waals surface area contributed by atoms with E-state index in [1.807, 2.05) is 6.92 Å². The molecule has 0 aliphatic carbocycles. The number of non-ortho nitro benzene ring substituents is 1. The van der Waals surface area contributed by atoms with Crippen molar-refractivity contribution in [2.45, 2.75) is 20.0 Å². The third-order valence-corrected chi connectivity index (χ3v) is 3.60. The first kappa shape index (κ1) is 20.6. The smallest absolute Gasteiger partial charge is 0.331 e. The van der Waals surface area contributed by atoms with Crippen LogP contribution in [0.2, 0.25) is 0 Å². The molecule has 0 radical (unpaired) electrons. The SMILES string of the molecule is CCOc1ccccc1NC(=O)[C@@H](C)OC(=O)/C=C/c1cccc([N+](=O)[O-])c1. The van der Waals surface area contributed by atoms with E-state index in [4.69, 9.17) is 9.47 Å². The van der Waals surface area contributed by atoms with Gasteiger partial charge in [-0.25, -0.2) is 4.79 Å². The van der Waals surface area contributed by atoms with Gasteiger partial charge in [0.2, 0.25) is 0 Å². The van der Waals surface area contributed by atoms with Crippen LogP contribution in [-0.2, 0) is 14.3 Å². The Morgan fingerprint density at radius 2 is 1.96 bits per heavy atom. The summed E-state index contributed by atoms with van der Waals surface area (Å²) >= 11 is 0. The summed E-state index contributed by atoms with van der Waals surface area (Å²) < 4.78 is 10.5. The lowest BCUT2D eigenvalue weighted by molar-refractivity contribution is -0.384. The standard InChI is InChI=1S/C20H20N2O6/c1-3-27-18-10-5-4-9-17(18)21-20(24)14(2)28-19(23)12-11-15-7-6-8-16(13-15)22(25)26/h4-14H,3H2,1-2H3,(H,21,24)/b12-11+/t14-/m1/s1. The number of nitro groups is 1. The maximum atomic E-state index is 12.3. The van der Waals surface area contributed by atoms with Gasteiger partial charge in [0, 0.05) is 18.2 Å². The van der Waals surface area contributed by atoms with Crippen LogP contribution in [-0.4, -0.2) is 29.5 Å². The first-order chi connectivity index (χ1) is 13.4. The minimum absolute atomic E-state index is 0.0868. The predicted octanol–water partition coefficient (Wildman–Crippen LogP) is 3.58. The summed E-state index contributed by atoms with van der Waals surface area (Å²) in [6.07, 6.45) is 1.44. The average molecular weight is 384 g/mol. The second-order valence-electron chi connectivity index (χ2n) is 5.68. The first-order valence-corrected chi connectivity index (χ1v) is 8.56. The molecule has 8 heteroatoms. The van der Waals surface area contributed by atoms with Gasteiger partial charge >= 0.3 is 5.97 Å². The Labute approximate surface area is 161 Å². The molecule has 8 nitrogen and oxygen atoms in total. The van der Waals surface area contributed by atoms with Crippen molar-refractivity contribution in [2.24, 2.45) is 0 Å². The molecule has 1 N–H and O–H groups in total. The molecule has 146 valence electrons. The summed E-state index contributed by atoms with van der Waals surface area (Å²) in [6, 6.07) is 12.7. The zero-order valence-corrected chi connectivity index (χ0v) is 15.5. The topological polar surface area (TPSA) is 108 Å². The summed E-state index contributed by atoms with van der Waals surface area (Å²) in [5.74, 6) is -0.737. The number of rotatable bonds is 8. The van der Waals surface area contributed by atoms with Crippen molar-refractivity contribution in [1.82, 2.24) is 0 Å². The summed E-state index contributed by atoms with van der Waals surface area (Å²) in [5.41, 5.74) is 0.856. The zero-order valence-electron chi connectivity index (χ0n) is 15.5. The van der Waals surface area contributed by atoms with Crippen LogP contribution < -0.4 is 10.1 Å². The third-order valence-electron chi connectivity index (χ3n) is 3.60. The molecule has 28 heavy (non-hydrogen) atoms. The lowest BCUT2D eigenvalue weighted by Crippen LogP contribution is -2.29. The Hall–Kier alpha value is -3.68. The van der Waals surface area contributed by atoms with Crippen LogP contribution in [0.3, 0.4) is 0 Å². The molecule has 0 spiro atoms. The number of carbonyl (C=O) groups is 2. The normalized spacial score (nSPS) is 11.6. The number of nitrogens with one attached hydrogen (secondary N) is 1. The number of amides is 1. The highest BCUT2D eigenvalue weighted by molar-refractivity contribution is 5.97. The van der Waals surface area contributed by atoms with Crippen LogP contribution >= 0.6 is 0 Å². The van der Waals surface area contributed by atoms with Gasteiger partial charge in [-0.05, 0) is 37.6 Å². The quantitative estimate of drug-likeness (QED) is 0.323. The molecule has 0 saturated carbocycles. The Bertz CT molecular complexity index is 894. The van der Waals surface area contributed by atoms with Crippen LogP contribution in [0.25, 0.3) is 6.08 Å². The number of nitrogens with zero attached hydrogens (tertiary/aromatic N) is 1. The monoisotopic (exact) mass is 384 g/mol. The second-order valence-corrected chi connectivity index (χ2v) is 5.68. The van der Waals surface area contributed by atoms with E-state index < -0.39 is 22.9 Å². The zero-order chi connectivity index (χ0) is 20.5. The summed E-state index contributed by atoms with van der Waals surface area (Å²) in [7, 11) is 0. The lowest BCUT2D eigenvalue weighted by Gasteiger charge is -2.15. The highest BCUT2D eigenvalue weighted by Gasteiger charge is 2.18. The van der Waals surface area contributed by atoms with Crippen LogP contribution in [0, 0.1) is 10.1 Å². The second kappa shape index (κ2) is 9.86. The number of para-hydroxylation sites is 2. The van der Waals surface area contributed by atoms with Crippen molar-refractivity contribution in [1.29, 1.82) is 0 Å². The molecule has 0 saturated heterocycles. The molecule has 0 bridgehead atoms. The predicted molar refractivity (Wildman–Crippen MR) is 104 cm³/mol. The van der Waals surface area contributed by atoms with Gasteiger partial charge < -0.3 is 14.8 Å². The molecule has 1 atom stereocenters. The van der Waals surface area contributed by atoms with Gasteiger partial charge in [0.25, 0.3) is 11.6 Å². The first-order valence-electron chi connectivity index (χ1n) is 8.56. The molecular weight excluding hydrogens is 364 g/mol. The number of benzene rings is 2. The van der Waals surface area contributed by atoms with Crippen molar-refractivity contribution in [3.8, 4) is 5.75 Å². The van der Waals surface area contributed by atoms with E-state index in [1.165, 1.54) is 31.2 Å². The van der Waals surface area contributed by atoms with Crippen molar-refractivity contribution >= 4 is 29.3 Å². The fourth-order valence-corrected chi connectivity index (χ4v) is 2.26. The van der Waals surface area contributed by atoms with E-state index in [0.29, 0.717) is 23.6 Å². The third kappa shape index (κ3) is 5.94. The molecule has 0 heterocycles. The summed E-state index contributed by atoms with van der Waals surface area (Å²) in [6.45, 7) is 3.72. The Kier molecular flexibility index (Phi) is 7.27. The highest BCUT2D eigenvalue weighted by atomic mass is 16.6. The average Bonchev–Trinajstić information content (AvgIpc) is 2.68. The maximum absolute atomic E-state index is 12.3. The van der Waals surface area contributed by atoms with Crippen LogP contribution in [0.4, 0.5) is 11.4 Å². The molecule has 0 fully saturated rings. The number of ether oxygens (including phenoxy) is 2. The minimum Gasteiger partial charge on any atom is -0.492 e. The number of anilines is 1. The molecule has 2 rings (SSSR count). The number of hydrogen-bond donors (Lipinski definition) is 1. The van der Waals surface area contributed by atoms with Gasteiger partial charge in [0.15, 0.2) is 6.10 Å². The van der Waals surface area contributed by atoms with E-state index in [2.05, 4.69) is 5.32 Å². The molecule has 0 aromatic heterocycles. The number of hydrogen-bond acceptors (Lipinski definition) is 6.